The predicted octanol–water partition coefficient (Wildman–Crippen LogP) is 5.99. The molecule has 1 aliphatic carbocycles. The number of allylic oxidation sites excluding steroid dienone is 2. The third kappa shape index (κ3) is 3.16. The summed E-state index contributed by atoms with van der Waals surface area (Å²) in [6, 6.07) is 17.4. The molecule has 21 heavy (non-hydrogen) atoms. The number of benzene rings is 2. The number of unbranched alkanes of at least 4 members (excludes halogenated alkanes) is 2. The largest absolute Gasteiger partial charge is 0.0839 e. The van der Waals surface area contributed by atoms with Crippen LogP contribution in [0.4, 0.5) is 0 Å². The fourth-order valence-electron chi connectivity index (χ4n) is 2.91. The van der Waals surface area contributed by atoms with Crippen molar-refractivity contribution in [3.8, 4) is 0 Å². The first-order valence-corrected chi connectivity index (χ1v) is 7.93. The molecule has 0 aromatic heterocycles. The Bertz CT molecular complexity index is 660. The van der Waals surface area contributed by atoms with Crippen molar-refractivity contribution in [3.63, 3.8) is 0 Å². The van der Waals surface area contributed by atoms with Gasteiger partial charge < -0.3 is 0 Å². The molecule has 2 aromatic rings. The van der Waals surface area contributed by atoms with Gasteiger partial charge in [0, 0.05) is 0 Å². The average Bonchev–Trinajstić information content (AvgIpc) is 2.97. The van der Waals surface area contributed by atoms with Crippen LogP contribution < -0.4 is 0 Å². The van der Waals surface area contributed by atoms with Gasteiger partial charge in [0.05, 0.1) is 0 Å². The monoisotopic (exact) mass is 274 g/mol. The van der Waals surface area contributed by atoms with Gasteiger partial charge in [0.25, 0.3) is 0 Å². The van der Waals surface area contributed by atoms with Crippen molar-refractivity contribution in [1.82, 2.24) is 0 Å². The molecule has 0 spiro atoms. The molecule has 0 heterocycles. The van der Waals surface area contributed by atoms with Crippen LogP contribution in [0.5, 0.6) is 0 Å². The van der Waals surface area contributed by atoms with Gasteiger partial charge in [-0.3, -0.25) is 0 Å². The Morgan fingerprint density at radius 2 is 1.86 bits per heavy atom. The van der Waals surface area contributed by atoms with Crippen LogP contribution in [0.25, 0.3) is 17.7 Å². The van der Waals surface area contributed by atoms with E-state index in [-0.39, 0.29) is 0 Å². The average molecular weight is 274 g/mol. The summed E-state index contributed by atoms with van der Waals surface area (Å²) in [7, 11) is 0. The van der Waals surface area contributed by atoms with Gasteiger partial charge in [-0.2, -0.15) is 0 Å². The van der Waals surface area contributed by atoms with Gasteiger partial charge in [0.2, 0.25) is 0 Å². The molecule has 0 unspecified atom stereocenters. The van der Waals surface area contributed by atoms with Gasteiger partial charge in [-0.05, 0) is 46.7 Å². The maximum atomic E-state index is 2.37. The van der Waals surface area contributed by atoms with Crippen molar-refractivity contribution in [2.45, 2.75) is 32.6 Å². The molecule has 0 amide bonds. The number of hydrogen-bond acceptors (Lipinski definition) is 0. The Morgan fingerprint density at radius 3 is 2.67 bits per heavy atom. The molecule has 0 heteroatoms. The molecule has 1 aliphatic rings. The van der Waals surface area contributed by atoms with E-state index in [0.717, 1.165) is 6.42 Å². The quantitative estimate of drug-likeness (QED) is 0.588. The Morgan fingerprint density at radius 1 is 1.00 bits per heavy atom. The highest BCUT2D eigenvalue weighted by molar-refractivity contribution is 5.91. The molecule has 0 radical (unpaired) electrons. The Labute approximate surface area is 127 Å². The molecule has 0 atom stereocenters. The van der Waals surface area contributed by atoms with Gasteiger partial charge in [-0.1, -0.05) is 80.4 Å². The van der Waals surface area contributed by atoms with Gasteiger partial charge in [-0.25, -0.2) is 0 Å². The lowest BCUT2D eigenvalue weighted by Gasteiger charge is -2.03. The standard InChI is InChI=1S/C21H22/c1-2-3-4-6-12-18-13-9-14-19-15-20(16-21(18)19)17-10-7-5-8-11-17/h5-14,16H,2-4,15H2,1H3. The van der Waals surface area contributed by atoms with Crippen molar-refractivity contribution in [3.05, 3.63) is 76.9 Å². The zero-order chi connectivity index (χ0) is 14.5. The predicted molar refractivity (Wildman–Crippen MR) is 93.0 cm³/mol. The van der Waals surface area contributed by atoms with Gasteiger partial charge in [-0.15, -0.1) is 0 Å². The third-order valence-corrected chi connectivity index (χ3v) is 4.10. The van der Waals surface area contributed by atoms with Crippen molar-refractivity contribution in [2.24, 2.45) is 0 Å². The van der Waals surface area contributed by atoms with Crippen LogP contribution in [0.1, 0.15) is 48.4 Å². The maximum Gasteiger partial charge on any atom is -0.00135 e. The summed E-state index contributed by atoms with van der Waals surface area (Å²) in [5, 5.41) is 0. The second-order valence-electron chi connectivity index (χ2n) is 5.68. The van der Waals surface area contributed by atoms with E-state index in [1.165, 1.54) is 47.1 Å². The van der Waals surface area contributed by atoms with E-state index in [4.69, 9.17) is 0 Å². The summed E-state index contributed by atoms with van der Waals surface area (Å²) in [5.41, 5.74) is 6.99. The van der Waals surface area contributed by atoms with E-state index in [1.807, 2.05) is 0 Å². The highest BCUT2D eigenvalue weighted by atomic mass is 14.2. The summed E-state index contributed by atoms with van der Waals surface area (Å²) in [6.45, 7) is 2.24. The lowest BCUT2D eigenvalue weighted by atomic mass is 10.0. The molecule has 0 N–H and O–H groups in total. The summed E-state index contributed by atoms with van der Waals surface area (Å²) >= 11 is 0. The smallest absolute Gasteiger partial charge is 0.00135 e. The minimum absolute atomic E-state index is 1.05. The molecule has 0 fully saturated rings. The molecule has 0 bridgehead atoms. The molecule has 2 aromatic carbocycles. The topological polar surface area (TPSA) is 0 Å². The zero-order valence-corrected chi connectivity index (χ0v) is 12.7. The van der Waals surface area contributed by atoms with Gasteiger partial charge >= 0.3 is 0 Å². The molecule has 0 saturated heterocycles. The fourth-order valence-corrected chi connectivity index (χ4v) is 2.91. The van der Waals surface area contributed by atoms with Crippen LogP contribution in [0.15, 0.2) is 54.6 Å². The van der Waals surface area contributed by atoms with Crippen LogP contribution in [0, 0.1) is 0 Å². The van der Waals surface area contributed by atoms with Gasteiger partial charge in [0.1, 0.15) is 0 Å². The number of rotatable bonds is 5. The molecular weight excluding hydrogens is 252 g/mol. The highest BCUT2D eigenvalue weighted by Crippen LogP contribution is 2.33. The zero-order valence-electron chi connectivity index (χ0n) is 12.7. The van der Waals surface area contributed by atoms with Crippen LogP contribution in [-0.2, 0) is 6.42 Å². The van der Waals surface area contributed by atoms with Crippen LogP contribution >= 0.6 is 0 Å². The second kappa shape index (κ2) is 6.58. The highest BCUT2D eigenvalue weighted by Gasteiger charge is 2.15. The first-order chi connectivity index (χ1) is 10.4. The molecular formula is C21H22. The van der Waals surface area contributed by atoms with Crippen molar-refractivity contribution in [2.75, 3.05) is 0 Å². The molecule has 0 nitrogen and oxygen atoms in total. The van der Waals surface area contributed by atoms with E-state index in [9.17, 15) is 0 Å². The molecule has 0 aliphatic heterocycles. The van der Waals surface area contributed by atoms with Crippen molar-refractivity contribution in [1.29, 1.82) is 0 Å². The first-order valence-electron chi connectivity index (χ1n) is 7.93. The summed E-state index contributed by atoms with van der Waals surface area (Å²) in [6.07, 6.45) is 11.7. The van der Waals surface area contributed by atoms with Crippen LogP contribution in [-0.4, -0.2) is 0 Å². The van der Waals surface area contributed by atoms with Crippen molar-refractivity contribution < 1.29 is 0 Å². The van der Waals surface area contributed by atoms with E-state index in [1.54, 1.807) is 0 Å². The maximum absolute atomic E-state index is 2.37. The first kappa shape index (κ1) is 13.9. The normalized spacial score (nSPS) is 13.5. The lowest BCUT2D eigenvalue weighted by molar-refractivity contribution is 0.816. The Hall–Kier alpha value is -2.08. The van der Waals surface area contributed by atoms with Gasteiger partial charge in [0.15, 0.2) is 0 Å². The van der Waals surface area contributed by atoms with Crippen LogP contribution in [0.3, 0.4) is 0 Å². The molecule has 3 rings (SSSR count). The van der Waals surface area contributed by atoms with Crippen LogP contribution in [0.2, 0.25) is 0 Å². The van der Waals surface area contributed by atoms with E-state index in [2.05, 4.69) is 73.7 Å². The minimum atomic E-state index is 1.05. The lowest BCUT2D eigenvalue weighted by Crippen LogP contribution is -1.86. The Balaban J connectivity index is 1.86. The summed E-state index contributed by atoms with van der Waals surface area (Å²) in [4.78, 5) is 0. The fraction of sp³-hybridized carbons (Fsp3) is 0.238. The second-order valence-corrected chi connectivity index (χ2v) is 5.68. The number of hydrogen-bond donors (Lipinski definition) is 0. The van der Waals surface area contributed by atoms with Crippen molar-refractivity contribution >= 4 is 17.7 Å². The number of fused-ring (bicyclic) bond motifs is 1. The summed E-state index contributed by atoms with van der Waals surface area (Å²) in [5.74, 6) is 0. The Kier molecular flexibility index (Phi) is 4.35. The third-order valence-electron chi connectivity index (χ3n) is 4.10. The minimum Gasteiger partial charge on any atom is -0.0839 e. The molecule has 0 saturated carbocycles. The van der Waals surface area contributed by atoms with E-state index < -0.39 is 0 Å². The SMILES string of the molecule is CCCCC=Cc1cccc2c1C=C(c1ccccc1)C2. The summed E-state index contributed by atoms with van der Waals surface area (Å²) < 4.78 is 0. The molecule has 106 valence electrons. The van der Waals surface area contributed by atoms with E-state index in [0.29, 0.717) is 0 Å². The van der Waals surface area contributed by atoms with E-state index >= 15 is 0 Å².